The minimum atomic E-state index is 0.608. The van der Waals surface area contributed by atoms with Crippen LogP contribution in [0.2, 0.25) is 0 Å². The van der Waals surface area contributed by atoms with Crippen LogP contribution in [0.4, 0.5) is 5.82 Å². The average Bonchev–Trinajstić information content (AvgIpc) is 2.26. The number of rotatable bonds is 1. The lowest BCUT2D eigenvalue weighted by Crippen LogP contribution is -2.50. The van der Waals surface area contributed by atoms with E-state index in [4.69, 9.17) is 0 Å². The summed E-state index contributed by atoms with van der Waals surface area (Å²) in [7, 11) is 2.19. The lowest BCUT2D eigenvalue weighted by molar-refractivity contribution is 0.233. The van der Waals surface area contributed by atoms with E-state index in [1.54, 1.807) is 0 Å². The van der Waals surface area contributed by atoms with Crippen molar-refractivity contribution in [1.82, 2.24) is 9.88 Å². The molecule has 0 aliphatic carbocycles. The number of likely N-dealkylation sites (N-methyl/N-ethyl adjacent to an activating group) is 1. The maximum atomic E-state index is 4.53. The molecule has 1 saturated heterocycles. The quantitative estimate of drug-likeness (QED) is 0.718. The van der Waals surface area contributed by atoms with Crippen LogP contribution in [0.5, 0.6) is 0 Å². The summed E-state index contributed by atoms with van der Waals surface area (Å²) in [6, 6.07) is 2.81. The molecule has 1 aromatic heterocycles. The molecule has 1 fully saturated rings. The van der Waals surface area contributed by atoms with E-state index in [1.807, 2.05) is 6.20 Å². The van der Waals surface area contributed by atoms with Gasteiger partial charge in [-0.1, -0.05) is 0 Å². The maximum absolute atomic E-state index is 4.53. The summed E-state index contributed by atoms with van der Waals surface area (Å²) in [6.07, 6.45) is 1.98. The van der Waals surface area contributed by atoms with Gasteiger partial charge < -0.3 is 9.80 Å². The number of anilines is 1. The molecule has 0 unspecified atom stereocenters. The summed E-state index contributed by atoms with van der Waals surface area (Å²) in [5, 5.41) is 0. The SMILES string of the molecule is Cc1cnc(N2CCN(C)[C@@H](C)C2)cc1C. The third-order valence-corrected chi connectivity index (χ3v) is 3.64. The zero-order valence-corrected chi connectivity index (χ0v) is 10.7. The molecule has 3 nitrogen and oxygen atoms in total. The largest absolute Gasteiger partial charge is 0.354 e. The van der Waals surface area contributed by atoms with Crippen molar-refractivity contribution >= 4 is 5.82 Å². The Morgan fingerprint density at radius 3 is 2.62 bits per heavy atom. The van der Waals surface area contributed by atoms with Crippen LogP contribution >= 0.6 is 0 Å². The van der Waals surface area contributed by atoms with E-state index >= 15 is 0 Å². The number of aryl methyl sites for hydroxylation is 2. The van der Waals surface area contributed by atoms with Gasteiger partial charge in [0.05, 0.1) is 0 Å². The van der Waals surface area contributed by atoms with Crippen molar-refractivity contribution < 1.29 is 0 Å². The van der Waals surface area contributed by atoms with Crippen LogP contribution < -0.4 is 4.90 Å². The molecule has 3 heteroatoms. The summed E-state index contributed by atoms with van der Waals surface area (Å²) in [5.74, 6) is 1.13. The van der Waals surface area contributed by atoms with Crippen LogP contribution in [0.3, 0.4) is 0 Å². The van der Waals surface area contributed by atoms with E-state index in [0.717, 1.165) is 25.5 Å². The molecule has 0 amide bonds. The molecule has 0 spiro atoms. The van der Waals surface area contributed by atoms with Crippen LogP contribution in [0.1, 0.15) is 18.1 Å². The Bertz CT molecular complexity index is 375. The number of pyridine rings is 1. The van der Waals surface area contributed by atoms with E-state index in [2.05, 4.69) is 48.7 Å². The highest BCUT2D eigenvalue weighted by molar-refractivity contribution is 5.43. The minimum Gasteiger partial charge on any atom is -0.354 e. The molecule has 0 bridgehead atoms. The lowest BCUT2D eigenvalue weighted by atomic mass is 10.1. The first kappa shape index (κ1) is 11.4. The highest BCUT2D eigenvalue weighted by Gasteiger charge is 2.21. The second-order valence-electron chi connectivity index (χ2n) is 4.90. The summed E-state index contributed by atoms with van der Waals surface area (Å²) < 4.78 is 0. The van der Waals surface area contributed by atoms with Crippen LogP contribution in [-0.4, -0.2) is 42.6 Å². The minimum absolute atomic E-state index is 0.608. The molecule has 2 rings (SSSR count). The third kappa shape index (κ3) is 2.19. The van der Waals surface area contributed by atoms with Crippen LogP contribution in [0, 0.1) is 13.8 Å². The molecular weight excluding hydrogens is 198 g/mol. The molecule has 0 radical (unpaired) electrons. The van der Waals surface area contributed by atoms with Crippen LogP contribution in [-0.2, 0) is 0 Å². The molecule has 1 atom stereocenters. The zero-order valence-electron chi connectivity index (χ0n) is 10.7. The van der Waals surface area contributed by atoms with Gasteiger partial charge >= 0.3 is 0 Å². The van der Waals surface area contributed by atoms with Crippen molar-refractivity contribution in [3.8, 4) is 0 Å². The monoisotopic (exact) mass is 219 g/mol. The van der Waals surface area contributed by atoms with Crippen molar-refractivity contribution in [2.24, 2.45) is 0 Å². The zero-order chi connectivity index (χ0) is 11.7. The summed E-state index contributed by atoms with van der Waals surface area (Å²) in [6.45, 7) is 9.81. The summed E-state index contributed by atoms with van der Waals surface area (Å²) in [4.78, 5) is 9.32. The summed E-state index contributed by atoms with van der Waals surface area (Å²) >= 11 is 0. The van der Waals surface area contributed by atoms with Crippen LogP contribution in [0.15, 0.2) is 12.3 Å². The van der Waals surface area contributed by atoms with Crippen molar-refractivity contribution in [3.05, 3.63) is 23.4 Å². The molecule has 1 aliphatic rings. The normalized spacial score (nSPS) is 22.5. The molecule has 1 aromatic rings. The van der Waals surface area contributed by atoms with Gasteiger partial charge in [0.2, 0.25) is 0 Å². The Balaban J connectivity index is 2.15. The first-order valence-corrected chi connectivity index (χ1v) is 5.96. The van der Waals surface area contributed by atoms with E-state index < -0.39 is 0 Å². The van der Waals surface area contributed by atoms with E-state index in [0.29, 0.717) is 6.04 Å². The number of hydrogen-bond donors (Lipinski definition) is 0. The van der Waals surface area contributed by atoms with Gasteiger partial charge in [-0.3, -0.25) is 0 Å². The Hall–Kier alpha value is -1.09. The van der Waals surface area contributed by atoms with E-state index in [1.165, 1.54) is 11.1 Å². The molecular formula is C13H21N3. The van der Waals surface area contributed by atoms with Gasteiger partial charge in [-0.25, -0.2) is 4.98 Å². The lowest BCUT2D eigenvalue weighted by Gasteiger charge is -2.38. The predicted molar refractivity (Wildman–Crippen MR) is 68.0 cm³/mol. The topological polar surface area (TPSA) is 19.4 Å². The van der Waals surface area contributed by atoms with Crippen molar-refractivity contribution in [2.45, 2.75) is 26.8 Å². The van der Waals surface area contributed by atoms with Crippen LogP contribution in [0.25, 0.3) is 0 Å². The highest BCUT2D eigenvalue weighted by atomic mass is 15.3. The van der Waals surface area contributed by atoms with Gasteiger partial charge in [-0.15, -0.1) is 0 Å². The number of nitrogens with zero attached hydrogens (tertiary/aromatic N) is 3. The number of aromatic nitrogens is 1. The number of piperazine rings is 1. The standard InChI is InChI=1S/C13H21N3/c1-10-7-13(14-8-11(10)2)16-6-5-15(4)12(3)9-16/h7-8,12H,5-6,9H2,1-4H3/t12-/m0/s1. The molecule has 1 aliphatic heterocycles. The van der Waals surface area contributed by atoms with Gasteiger partial charge in [0.1, 0.15) is 5.82 Å². The fourth-order valence-corrected chi connectivity index (χ4v) is 2.04. The molecule has 88 valence electrons. The van der Waals surface area contributed by atoms with Gasteiger partial charge in [-0.2, -0.15) is 0 Å². The molecule has 0 saturated carbocycles. The maximum Gasteiger partial charge on any atom is 0.128 e. The Labute approximate surface area is 98.1 Å². The van der Waals surface area contributed by atoms with Crippen molar-refractivity contribution in [1.29, 1.82) is 0 Å². The van der Waals surface area contributed by atoms with Gasteiger partial charge in [0.25, 0.3) is 0 Å². The Kier molecular flexibility index (Phi) is 3.15. The van der Waals surface area contributed by atoms with Crippen molar-refractivity contribution in [3.63, 3.8) is 0 Å². The van der Waals surface area contributed by atoms with Gasteiger partial charge in [0, 0.05) is 31.9 Å². The predicted octanol–water partition coefficient (Wildman–Crippen LogP) is 1.84. The second-order valence-corrected chi connectivity index (χ2v) is 4.90. The fraction of sp³-hybridized carbons (Fsp3) is 0.615. The van der Waals surface area contributed by atoms with Gasteiger partial charge in [-0.05, 0) is 45.0 Å². The van der Waals surface area contributed by atoms with E-state index in [-0.39, 0.29) is 0 Å². The third-order valence-electron chi connectivity index (χ3n) is 3.64. The summed E-state index contributed by atoms with van der Waals surface area (Å²) in [5.41, 5.74) is 2.60. The number of hydrogen-bond acceptors (Lipinski definition) is 3. The average molecular weight is 219 g/mol. The van der Waals surface area contributed by atoms with Crippen molar-refractivity contribution in [2.75, 3.05) is 31.6 Å². The first-order valence-electron chi connectivity index (χ1n) is 5.96. The molecule has 16 heavy (non-hydrogen) atoms. The molecule has 0 aromatic carbocycles. The smallest absolute Gasteiger partial charge is 0.128 e. The first-order chi connectivity index (χ1) is 7.58. The second kappa shape index (κ2) is 4.42. The molecule has 2 heterocycles. The fourth-order valence-electron chi connectivity index (χ4n) is 2.04. The Morgan fingerprint density at radius 2 is 2.00 bits per heavy atom. The van der Waals surface area contributed by atoms with E-state index in [9.17, 15) is 0 Å². The van der Waals surface area contributed by atoms with Gasteiger partial charge in [0.15, 0.2) is 0 Å². The Morgan fingerprint density at radius 1 is 1.25 bits per heavy atom. The highest BCUT2D eigenvalue weighted by Crippen LogP contribution is 2.18. The molecule has 0 N–H and O–H groups in total.